The van der Waals surface area contributed by atoms with Crippen molar-refractivity contribution in [2.24, 2.45) is 11.8 Å². The van der Waals surface area contributed by atoms with Gasteiger partial charge in [0.05, 0.1) is 23.5 Å². The van der Waals surface area contributed by atoms with E-state index in [0.717, 1.165) is 0 Å². The molecule has 3 nitrogen and oxygen atoms in total. The SMILES string of the molecule is COC(C)C12c3ccccc3C(c3ccccc31)[C@@H]1[C@H]2C(=O)N(C)[C@H]1c1cccs1. The second-order valence-corrected chi connectivity index (χ2v) is 9.84. The Balaban J connectivity index is 1.73. The van der Waals surface area contributed by atoms with Crippen LogP contribution in [0.3, 0.4) is 0 Å². The largest absolute Gasteiger partial charge is 0.380 e. The van der Waals surface area contributed by atoms with Crippen molar-refractivity contribution < 1.29 is 9.53 Å². The van der Waals surface area contributed by atoms with Gasteiger partial charge in [0.2, 0.25) is 5.91 Å². The Labute approximate surface area is 181 Å². The van der Waals surface area contributed by atoms with E-state index in [2.05, 4.69) is 73.0 Å². The van der Waals surface area contributed by atoms with Gasteiger partial charge in [-0.3, -0.25) is 4.79 Å². The van der Waals surface area contributed by atoms with E-state index in [9.17, 15) is 4.79 Å². The Bertz CT molecular complexity index is 1090. The predicted molar refractivity (Wildman–Crippen MR) is 119 cm³/mol. The van der Waals surface area contributed by atoms with Crippen LogP contribution in [0.1, 0.15) is 46.0 Å². The number of hydrogen-bond acceptors (Lipinski definition) is 3. The lowest BCUT2D eigenvalue weighted by Crippen LogP contribution is -2.58. The molecule has 3 aromatic rings. The summed E-state index contributed by atoms with van der Waals surface area (Å²) in [5, 5.41) is 2.12. The highest BCUT2D eigenvalue weighted by atomic mass is 32.1. The quantitative estimate of drug-likeness (QED) is 0.604. The summed E-state index contributed by atoms with van der Waals surface area (Å²) in [5.74, 6) is 0.536. The molecule has 1 aliphatic heterocycles. The molecule has 1 aromatic heterocycles. The van der Waals surface area contributed by atoms with Crippen molar-refractivity contribution in [3.8, 4) is 0 Å². The number of ether oxygens (including phenoxy) is 1. The van der Waals surface area contributed by atoms with Crippen LogP contribution in [0.25, 0.3) is 0 Å². The molecule has 2 aromatic carbocycles. The Morgan fingerprint density at radius 2 is 1.63 bits per heavy atom. The van der Waals surface area contributed by atoms with Gasteiger partial charge in [0.1, 0.15) is 0 Å². The zero-order valence-corrected chi connectivity index (χ0v) is 18.2. The number of carbonyl (C=O) groups is 1. The maximum Gasteiger partial charge on any atom is 0.227 e. The molecule has 0 saturated carbocycles. The summed E-state index contributed by atoms with van der Waals surface area (Å²) in [5.41, 5.74) is 4.81. The predicted octanol–water partition coefficient (Wildman–Crippen LogP) is 4.97. The molecule has 0 N–H and O–H groups in total. The summed E-state index contributed by atoms with van der Waals surface area (Å²) >= 11 is 1.76. The molecule has 3 aliphatic carbocycles. The summed E-state index contributed by atoms with van der Waals surface area (Å²) in [6.07, 6.45) is -0.118. The van der Waals surface area contributed by atoms with Gasteiger partial charge in [-0.1, -0.05) is 54.6 Å². The Morgan fingerprint density at radius 1 is 1.00 bits per heavy atom. The van der Waals surface area contributed by atoms with E-state index in [0.29, 0.717) is 0 Å². The third-order valence-corrected chi connectivity index (χ3v) is 8.91. The van der Waals surface area contributed by atoms with E-state index in [4.69, 9.17) is 4.74 Å². The van der Waals surface area contributed by atoms with Crippen molar-refractivity contribution in [1.82, 2.24) is 4.90 Å². The first-order valence-corrected chi connectivity index (χ1v) is 11.5. The van der Waals surface area contributed by atoms with Crippen molar-refractivity contribution in [2.75, 3.05) is 14.2 Å². The lowest BCUT2D eigenvalue weighted by molar-refractivity contribution is -0.135. The first-order valence-electron chi connectivity index (χ1n) is 10.6. The number of carbonyl (C=O) groups excluding carboxylic acids is 1. The zero-order chi connectivity index (χ0) is 20.6. The van der Waals surface area contributed by atoms with Crippen molar-refractivity contribution in [3.05, 3.63) is 93.2 Å². The summed E-state index contributed by atoms with van der Waals surface area (Å²) in [4.78, 5) is 17.3. The summed E-state index contributed by atoms with van der Waals surface area (Å²) in [6.45, 7) is 2.14. The highest BCUT2D eigenvalue weighted by molar-refractivity contribution is 7.10. The molecular weight excluding hydrogens is 390 g/mol. The minimum atomic E-state index is -0.474. The first kappa shape index (κ1) is 18.3. The van der Waals surface area contributed by atoms with Crippen molar-refractivity contribution in [2.45, 2.75) is 30.4 Å². The third kappa shape index (κ3) is 1.97. The van der Waals surface area contributed by atoms with Crippen LogP contribution >= 0.6 is 11.3 Å². The van der Waals surface area contributed by atoms with E-state index in [-0.39, 0.29) is 35.8 Å². The molecule has 1 amide bonds. The van der Waals surface area contributed by atoms with Crippen molar-refractivity contribution in [3.63, 3.8) is 0 Å². The van der Waals surface area contributed by atoms with Gasteiger partial charge in [0, 0.05) is 30.9 Å². The maximum absolute atomic E-state index is 14.0. The molecule has 2 heterocycles. The fraction of sp³-hybridized carbons (Fsp3) is 0.346. The number of likely N-dealkylation sites (tertiary alicyclic amines) is 1. The Kier molecular flexibility index (Phi) is 3.84. The smallest absolute Gasteiger partial charge is 0.227 e. The van der Waals surface area contributed by atoms with Gasteiger partial charge in [-0.2, -0.15) is 0 Å². The molecule has 7 rings (SSSR count). The molecule has 30 heavy (non-hydrogen) atoms. The molecule has 4 aliphatic rings. The number of benzene rings is 2. The average molecular weight is 416 g/mol. The molecule has 0 spiro atoms. The highest BCUT2D eigenvalue weighted by Gasteiger charge is 2.69. The lowest BCUT2D eigenvalue weighted by Gasteiger charge is -2.57. The Morgan fingerprint density at radius 3 is 2.20 bits per heavy atom. The van der Waals surface area contributed by atoms with Gasteiger partial charge in [-0.05, 0) is 40.6 Å². The molecule has 2 bridgehead atoms. The van der Waals surface area contributed by atoms with Crippen molar-refractivity contribution in [1.29, 1.82) is 0 Å². The van der Waals surface area contributed by atoms with E-state index in [1.807, 2.05) is 11.9 Å². The number of thiophene rings is 1. The van der Waals surface area contributed by atoms with E-state index >= 15 is 0 Å². The Hall–Kier alpha value is -2.43. The summed E-state index contributed by atoms with van der Waals surface area (Å²) in [7, 11) is 3.77. The van der Waals surface area contributed by atoms with Crippen LogP contribution in [0.2, 0.25) is 0 Å². The van der Waals surface area contributed by atoms with Crippen LogP contribution < -0.4 is 0 Å². The minimum Gasteiger partial charge on any atom is -0.380 e. The topological polar surface area (TPSA) is 29.5 Å². The third-order valence-electron chi connectivity index (χ3n) is 7.97. The normalized spacial score (nSPS) is 32.0. The lowest BCUT2D eigenvalue weighted by atomic mass is 9.45. The van der Waals surface area contributed by atoms with Gasteiger partial charge >= 0.3 is 0 Å². The highest BCUT2D eigenvalue weighted by Crippen LogP contribution is 2.68. The van der Waals surface area contributed by atoms with E-state index < -0.39 is 5.41 Å². The van der Waals surface area contributed by atoms with E-state index in [1.54, 1.807) is 18.4 Å². The second-order valence-electron chi connectivity index (χ2n) is 8.86. The van der Waals surface area contributed by atoms with E-state index in [1.165, 1.54) is 27.1 Å². The van der Waals surface area contributed by atoms with Crippen LogP contribution in [0.15, 0.2) is 66.0 Å². The standard InChI is InChI=1S/C26H25NO2S/c1-15(29-3)26-18-11-6-4-9-16(18)21(17-10-5-7-12-19(17)26)22-23(26)25(28)27(2)24(22)20-13-8-14-30-20/h4-15,21-24H,1-3H3/t15?,21?,22-,23+,24+,26?/m1/s1. The second kappa shape index (κ2) is 6.29. The van der Waals surface area contributed by atoms with Crippen LogP contribution in [-0.4, -0.2) is 31.1 Å². The molecule has 0 radical (unpaired) electrons. The van der Waals surface area contributed by atoms with Crippen LogP contribution in [-0.2, 0) is 14.9 Å². The summed E-state index contributed by atoms with van der Waals surface area (Å²) < 4.78 is 6.07. The monoisotopic (exact) mass is 415 g/mol. The molecule has 152 valence electrons. The maximum atomic E-state index is 14.0. The van der Waals surface area contributed by atoms with Gasteiger partial charge in [-0.15, -0.1) is 11.3 Å². The fourth-order valence-corrected chi connectivity index (χ4v) is 7.83. The molecule has 1 saturated heterocycles. The molecule has 4 atom stereocenters. The molecular formula is C26H25NO2S. The van der Waals surface area contributed by atoms with Gasteiger partial charge in [0.25, 0.3) is 0 Å². The van der Waals surface area contributed by atoms with Gasteiger partial charge < -0.3 is 9.64 Å². The number of hydrogen-bond donors (Lipinski definition) is 0. The van der Waals surface area contributed by atoms with Crippen molar-refractivity contribution >= 4 is 17.2 Å². The molecule has 4 heteroatoms. The molecule has 1 fully saturated rings. The number of methoxy groups -OCH3 is 1. The average Bonchev–Trinajstić information content (AvgIpc) is 3.40. The number of amides is 1. The first-order chi connectivity index (χ1) is 14.6. The van der Waals surface area contributed by atoms with Crippen LogP contribution in [0.4, 0.5) is 0 Å². The van der Waals surface area contributed by atoms with Gasteiger partial charge in [0.15, 0.2) is 0 Å². The van der Waals surface area contributed by atoms with Crippen LogP contribution in [0.5, 0.6) is 0 Å². The summed E-state index contributed by atoms with van der Waals surface area (Å²) in [6, 6.07) is 21.9. The minimum absolute atomic E-state index is 0.0950. The zero-order valence-electron chi connectivity index (χ0n) is 17.4. The fourth-order valence-electron chi connectivity index (χ4n) is 6.90. The van der Waals surface area contributed by atoms with Crippen LogP contribution in [0, 0.1) is 11.8 Å². The number of rotatable bonds is 3. The number of nitrogens with zero attached hydrogens (tertiary/aromatic N) is 1. The molecule has 1 unspecified atom stereocenters. The van der Waals surface area contributed by atoms with Gasteiger partial charge in [-0.25, -0.2) is 0 Å².